The summed E-state index contributed by atoms with van der Waals surface area (Å²) >= 11 is 0. The second-order valence-corrected chi connectivity index (χ2v) is 7.37. The lowest BCUT2D eigenvalue weighted by molar-refractivity contribution is -0.136. The van der Waals surface area contributed by atoms with Crippen molar-refractivity contribution in [3.63, 3.8) is 0 Å². The minimum Gasteiger partial charge on any atom is -0.381 e. The fourth-order valence-corrected chi connectivity index (χ4v) is 3.73. The molecule has 2 aliphatic heterocycles. The van der Waals surface area contributed by atoms with E-state index in [4.69, 9.17) is 14.0 Å². The molecule has 2 fully saturated rings. The Morgan fingerprint density at radius 1 is 1.29 bits per heavy atom. The van der Waals surface area contributed by atoms with Gasteiger partial charge in [0.2, 0.25) is 11.8 Å². The molecular weight excluding hydrogens is 362 g/mol. The van der Waals surface area contributed by atoms with Gasteiger partial charge in [-0.25, -0.2) is 0 Å². The van der Waals surface area contributed by atoms with Gasteiger partial charge < -0.3 is 18.9 Å². The Hall–Kier alpha value is -2.26. The Morgan fingerprint density at radius 2 is 2.18 bits per heavy atom. The Labute approximate surface area is 164 Å². The second kappa shape index (κ2) is 9.29. The summed E-state index contributed by atoms with van der Waals surface area (Å²) in [6.07, 6.45) is 7.77. The first-order valence-corrected chi connectivity index (χ1v) is 10.0. The fourth-order valence-electron chi connectivity index (χ4n) is 3.73. The number of likely N-dealkylation sites (tertiary alicyclic amines) is 1. The van der Waals surface area contributed by atoms with Gasteiger partial charge in [-0.05, 0) is 31.7 Å². The summed E-state index contributed by atoms with van der Waals surface area (Å²) in [6, 6.07) is 1.86. The van der Waals surface area contributed by atoms with E-state index in [9.17, 15) is 4.79 Å². The van der Waals surface area contributed by atoms with Gasteiger partial charge in [0.25, 0.3) is 0 Å². The molecule has 28 heavy (non-hydrogen) atoms. The van der Waals surface area contributed by atoms with Crippen molar-refractivity contribution in [2.45, 2.75) is 57.3 Å². The van der Waals surface area contributed by atoms with Crippen molar-refractivity contribution in [3.8, 4) is 0 Å². The molecule has 1 atom stereocenters. The Bertz CT molecular complexity index is 741. The minimum absolute atomic E-state index is 0.00688. The molecule has 152 valence electrons. The Balaban J connectivity index is 1.22. The third-order valence-corrected chi connectivity index (χ3v) is 5.35. The monoisotopic (exact) mass is 389 g/mol. The summed E-state index contributed by atoms with van der Waals surface area (Å²) in [5, 5.41) is 8.18. The van der Waals surface area contributed by atoms with E-state index in [1.54, 1.807) is 10.9 Å². The fraction of sp³-hybridized carbons (Fsp3) is 0.684. The number of aryl methyl sites for hydroxylation is 1. The number of rotatable bonds is 7. The highest BCUT2D eigenvalue weighted by atomic mass is 16.5. The maximum atomic E-state index is 12.5. The van der Waals surface area contributed by atoms with Gasteiger partial charge >= 0.3 is 0 Å². The van der Waals surface area contributed by atoms with Crippen LogP contribution in [0.5, 0.6) is 0 Å². The number of carbonyl (C=O) groups excluding carboxylic acids is 1. The van der Waals surface area contributed by atoms with Crippen LogP contribution in [0.2, 0.25) is 0 Å². The summed E-state index contributed by atoms with van der Waals surface area (Å²) < 4.78 is 18.5. The lowest BCUT2D eigenvalue weighted by atomic mass is 10.0. The third kappa shape index (κ3) is 4.96. The van der Waals surface area contributed by atoms with Crippen LogP contribution in [-0.4, -0.2) is 63.1 Å². The van der Waals surface area contributed by atoms with Gasteiger partial charge in [0.15, 0.2) is 5.82 Å². The van der Waals surface area contributed by atoms with Crippen molar-refractivity contribution < 1.29 is 18.8 Å². The molecular formula is C19H27N5O4. The molecule has 1 unspecified atom stereocenters. The summed E-state index contributed by atoms with van der Waals surface area (Å²) in [5.74, 6) is 1.68. The molecule has 0 N–H and O–H groups in total. The van der Waals surface area contributed by atoms with Crippen LogP contribution in [0.1, 0.15) is 49.7 Å². The lowest BCUT2D eigenvalue weighted by Crippen LogP contribution is -2.43. The highest BCUT2D eigenvalue weighted by Crippen LogP contribution is 2.25. The van der Waals surface area contributed by atoms with Gasteiger partial charge in [-0.3, -0.25) is 9.48 Å². The van der Waals surface area contributed by atoms with Crippen LogP contribution in [0, 0.1) is 0 Å². The summed E-state index contributed by atoms with van der Waals surface area (Å²) in [7, 11) is 0. The number of hydrogen-bond donors (Lipinski definition) is 0. The Kier molecular flexibility index (Phi) is 6.33. The smallest absolute Gasteiger partial charge is 0.230 e. The van der Waals surface area contributed by atoms with E-state index in [2.05, 4.69) is 15.2 Å². The van der Waals surface area contributed by atoms with Gasteiger partial charge in [0.05, 0.1) is 6.10 Å². The molecule has 0 saturated carbocycles. The van der Waals surface area contributed by atoms with Gasteiger partial charge in [0.1, 0.15) is 6.61 Å². The zero-order valence-corrected chi connectivity index (χ0v) is 16.0. The molecule has 0 bridgehead atoms. The molecule has 2 aliphatic rings. The number of piperidine rings is 1. The summed E-state index contributed by atoms with van der Waals surface area (Å²) in [6.45, 7) is 3.80. The average Bonchev–Trinajstić information content (AvgIpc) is 3.43. The van der Waals surface area contributed by atoms with Crippen LogP contribution < -0.4 is 0 Å². The van der Waals surface area contributed by atoms with Gasteiger partial charge in [-0.15, -0.1) is 0 Å². The van der Waals surface area contributed by atoms with Crippen LogP contribution in [0.4, 0.5) is 0 Å². The van der Waals surface area contributed by atoms with E-state index in [1.165, 1.54) is 0 Å². The van der Waals surface area contributed by atoms with Crippen molar-refractivity contribution >= 4 is 5.91 Å². The number of aromatic nitrogens is 4. The highest BCUT2D eigenvalue weighted by molar-refractivity contribution is 5.76. The zero-order valence-electron chi connectivity index (χ0n) is 16.0. The highest BCUT2D eigenvalue weighted by Gasteiger charge is 2.25. The minimum atomic E-state index is 0.00688. The number of hydrogen-bond acceptors (Lipinski definition) is 7. The van der Waals surface area contributed by atoms with Crippen LogP contribution in [0.3, 0.4) is 0 Å². The molecule has 2 aromatic rings. The molecule has 0 aliphatic carbocycles. The van der Waals surface area contributed by atoms with Crippen LogP contribution in [0.25, 0.3) is 0 Å². The number of amides is 1. The van der Waals surface area contributed by atoms with Crippen molar-refractivity contribution in [2.24, 2.45) is 0 Å². The lowest BCUT2D eigenvalue weighted by Gasteiger charge is -2.32. The largest absolute Gasteiger partial charge is 0.381 e. The van der Waals surface area contributed by atoms with E-state index in [-0.39, 0.29) is 17.9 Å². The van der Waals surface area contributed by atoms with Crippen LogP contribution >= 0.6 is 0 Å². The van der Waals surface area contributed by atoms with Gasteiger partial charge in [-0.1, -0.05) is 5.16 Å². The zero-order chi connectivity index (χ0) is 19.2. The second-order valence-electron chi connectivity index (χ2n) is 7.37. The van der Waals surface area contributed by atoms with Crippen molar-refractivity contribution in [3.05, 3.63) is 30.2 Å². The first-order chi connectivity index (χ1) is 13.8. The predicted molar refractivity (Wildman–Crippen MR) is 98.3 cm³/mol. The van der Waals surface area contributed by atoms with Gasteiger partial charge in [0, 0.05) is 57.6 Å². The quantitative estimate of drug-likeness (QED) is 0.712. The molecule has 4 rings (SSSR count). The molecule has 0 spiro atoms. The molecule has 2 aromatic heterocycles. The van der Waals surface area contributed by atoms with E-state index in [1.807, 2.05) is 17.2 Å². The molecule has 4 heterocycles. The molecule has 0 aromatic carbocycles. The van der Waals surface area contributed by atoms with Crippen molar-refractivity contribution in [2.75, 3.05) is 26.3 Å². The molecule has 0 radical (unpaired) electrons. The normalized spacial score (nSPS) is 21.1. The maximum absolute atomic E-state index is 12.5. The topological polar surface area (TPSA) is 95.5 Å². The summed E-state index contributed by atoms with van der Waals surface area (Å²) in [5.41, 5.74) is 0. The molecule has 9 heteroatoms. The summed E-state index contributed by atoms with van der Waals surface area (Å²) in [4.78, 5) is 18.8. The van der Waals surface area contributed by atoms with Crippen molar-refractivity contribution in [1.29, 1.82) is 0 Å². The first-order valence-electron chi connectivity index (χ1n) is 10.0. The van der Waals surface area contributed by atoms with Crippen molar-refractivity contribution in [1.82, 2.24) is 24.8 Å². The van der Waals surface area contributed by atoms with Gasteiger partial charge in [-0.2, -0.15) is 10.1 Å². The van der Waals surface area contributed by atoms with Crippen LogP contribution in [-0.2, 0) is 27.4 Å². The average molecular weight is 389 g/mol. The number of carbonyl (C=O) groups is 1. The maximum Gasteiger partial charge on any atom is 0.230 e. The first kappa shape index (κ1) is 19.1. The number of ether oxygens (including phenoxy) is 2. The van der Waals surface area contributed by atoms with Crippen LogP contribution in [0.15, 0.2) is 23.0 Å². The standard InChI is InChI=1S/C19H27N5O4/c25-18(4-10-24-9-2-7-20-24)23-8-1-3-16(13-23)27-14-17-21-19(28-22-17)15-5-11-26-12-6-15/h2,7,9,15-16H,1,3-6,8,10-14H2. The number of nitrogens with zero attached hydrogens (tertiary/aromatic N) is 5. The SMILES string of the molecule is O=C(CCn1cccn1)N1CCCC(OCc2noc(C3CCOCC3)n2)C1. The Morgan fingerprint density at radius 3 is 3.00 bits per heavy atom. The molecule has 1 amide bonds. The van der Waals surface area contributed by atoms with E-state index >= 15 is 0 Å². The molecule has 9 nitrogen and oxygen atoms in total. The third-order valence-electron chi connectivity index (χ3n) is 5.35. The predicted octanol–water partition coefficient (Wildman–Crippen LogP) is 1.76. The van der Waals surface area contributed by atoms with E-state index in [0.29, 0.717) is 37.8 Å². The van der Waals surface area contributed by atoms with E-state index < -0.39 is 0 Å². The molecule has 2 saturated heterocycles. The van der Waals surface area contributed by atoms with E-state index in [0.717, 1.165) is 45.4 Å².